The van der Waals surface area contributed by atoms with Crippen LogP contribution < -0.4 is 5.32 Å². The molecule has 0 fully saturated rings. The number of pyridine rings is 1. The normalized spacial score (nSPS) is 10.9. The fraction of sp³-hybridized carbons (Fsp3) is 0.438. The van der Waals surface area contributed by atoms with Gasteiger partial charge in [-0.05, 0) is 49.0 Å². The summed E-state index contributed by atoms with van der Waals surface area (Å²) in [6, 6.07) is 8.57. The molecule has 4 heteroatoms. The molecular weight excluding hydrogens is 266 g/mol. The van der Waals surface area contributed by atoms with Gasteiger partial charge in [0.25, 0.3) is 0 Å². The average molecular weight is 289 g/mol. The van der Waals surface area contributed by atoms with Crippen LogP contribution in [0, 0.1) is 0 Å². The lowest BCUT2D eigenvalue weighted by Crippen LogP contribution is -2.20. The minimum absolute atomic E-state index is 0.967. The molecule has 2 rings (SSSR count). The number of likely N-dealkylation sites (N-methyl/N-ethyl adjacent to an activating group) is 1. The van der Waals surface area contributed by atoms with E-state index in [1.807, 2.05) is 17.5 Å². The molecule has 0 saturated carbocycles. The molecule has 0 amide bonds. The second-order valence-corrected chi connectivity index (χ2v) is 6.08. The van der Waals surface area contributed by atoms with Crippen molar-refractivity contribution in [3.05, 3.63) is 46.3 Å². The Kier molecular flexibility index (Phi) is 6.02. The molecule has 0 aliphatic heterocycles. The number of hydrogen-bond donors (Lipinski definition) is 1. The monoisotopic (exact) mass is 289 g/mol. The van der Waals surface area contributed by atoms with E-state index in [1.165, 1.54) is 10.4 Å². The quantitative estimate of drug-likeness (QED) is 0.804. The van der Waals surface area contributed by atoms with Gasteiger partial charge in [0.1, 0.15) is 5.82 Å². The maximum Gasteiger partial charge on any atom is 0.126 e. The maximum absolute atomic E-state index is 4.34. The molecule has 0 unspecified atom stereocenters. The third-order valence-corrected chi connectivity index (χ3v) is 4.09. The predicted octanol–water partition coefficient (Wildman–Crippen LogP) is 3.64. The van der Waals surface area contributed by atoms with E-state index in [-0.39, 0.29) is 0 Å². The third-order valence-electron chi connectivity index (χ3n) is 3.15. The molecule has 20 heavy (non-hydrogen) atoms. The van der Waals surface area contributed by atoms with Gasteiger partial charge in [0, 0.05) is 30.7 Å². The molecule has 0 bridgehead atoms. The average Bonchev–Trinajstić information content (AvgIpc) is 2.97. The predicted molar refractivity (Wildman–Crippen MR) is 87.4 cm³/mol. The largest absolute Gasteiger partial charge is 0.370 e. The summed E-state index contributed by atoms with van der Waals surface area (Å²) < 4.78 is 0. The molecular formula is C16H23N3S. The van der Waals surface area contributed by atoms with Crippen molar-refractivity contribution < 1.29 is 0 Å². The molecule has 0 radical (unpaired) electrons. The van der Waals surface area contributed by atoms with Crippen LogP contribution in [0.1, 0.15) is 23.8 Å². The summed E-state index contributed by atoms with van der Waals surface area (Å²) in [5.41, 5.74) is 1.31. The highest BCUT2D eigenvalue weighted by molar-refractivity contribution is 7.09. The van der Waals surface area contributed by atoms with Gasteiger partial charge < -0.3 is 10.2 Å². The van der Waals surface area contributed by atoms with E-state index in [1.54, 1.807) is 0 Å². The summed E-state index contributed by atoms with van der Waals surface area (Å²) >= 11 is 1.84. The van der Waals surface area contributed by atoms with Crippen molar-refractivity contribution in [1.29, 1.82) is 0 Å². The van der Waals surface area contributed by atoms with E-state index in [9.17, 15) is 0 Å². The first kappa shape index (κ1) is 15.0. The van der Waals surface area contributed by atoms with E-state index in [0.29, 0.717) is 0 Å². The molecule has 2 aromatic rings. The lowest BCUT2D eigenvalue weighted by Gasteiger charge is -2.16. The van der Waals surface area contributed by atoms with Crippen LogP contribution in [0.3, 0.4) is 0 Å². The fourth-order valence-electron chi connectivity index (χ4n) is 2.07. The fourth-order valence-corrected chi connectivity index (χ4v) is 2.77. The Bertz CT molecular complexity index is 496. The molecule has 0 saturated heterocycles. The Morgan fingerprint density at radius 3 is 3.00 bits per heavy atom. The summed E-state index contributed by atoms with van der Waals surface area (Å²) in [7, 11) is 2.17. The zero-order valence-electron chi connectivity index (χ0n) is 12.3. The highest BCUT2D eigenvalue weighted by Gasteiger charge is 2.03. The molecule has 0 aromatic carbocycles. The second-order valence-electron chi connectivity index (χ2n) is 5.04. The first-order chi connectivity index (χ1) is 9.78. The smallest absolute Gasteiger partial charge is 0.126 e. The minimum Gasteiger partial charge on any atom is -0.370 e. The molecule has 0 aliphatic carbocycles. The van der Waals surface area contributed by atoms with Gasteiger partial charge in [-0.1, -0.05) is 13.0 Å². The van der Waals surface area contributed by atoms with Gasteiger partial charge in [0.2, 0.25) is 0 Å². The molecule has 1 N–H and O–H groups in total. The Morgan fingerprint density at radius 2 is 2.25 bits per heavy atom. The van der Waals surface area contributed by atoms with Crippen LogP contribution in [0.25, 0.3) is 0 Å². The van der Waals surface area contributed by atoms with Crippen LogP contribution in [0.15, 0.2) is 35.8 Å². The van der Waals surface area contributed by atoms with E-state index >= 15 is 0 Å². The number of hydrogen-bond acceptors (Lipinski definition) is 4. The molecule has 3 nitrogen and oxygen atoms in total. The summed E-state index contributed by atoms with van der Waals surface area (Å²) in [6.07, 6.45) is 4.13. The standard InChI is InChI=1S/C16H23N3S/c1-3-8-17-16-12-14(6-9-18-16)13-19(2)10-7-15-5-4-11-20-15/h4-6,9,11-12H,3,7-8,10,13H2,1-2H3,(H,17,18). The second kappa shape index (κ2) is 8.02. The molecule has 2 aromatic heterocycles. The number of aromatic nitrogens is 1. The van der Waals surface area contributed by atoms with Crippen molar-refractivity contribution >= 4 is 17.2 Å². The van der Waals surface area contributed by atoms with Gasteiger partial charge in [0.05, 0.1) is 0 Å². The van der Waals surface area contributed by atoms with Gasteiger partial charge in [-0.3, -0.25) is 0 Å². The van der Waals surface area contributed by atoms with Gasteiger partial charge in [-0.25, -0.2) is 4.98 Å². The number of nitrogens with one attached hydrogen (secondary N) is 1. The summed E-state index contributed by atoms with van der Waals surface area (Å²) in [5, 5.41) is 5.48. The Labute approximate surface area is 125 Å². The topological polar surface area (TPSA) is 28.2 Å². The Hall–Kier alpha value is -1.39. The summed E-state index contributed by atoms with van der Waals surface area (Å²) in [4.78, 5) is 8.16. The first-order valence-electron chi connectivity index (χ1n) is 7.17. The number of nitrogens with zero attached hydrogens (tertiary/aromatic N) is 2. The van der Waals surface area contributed by atoms with Crippen molar-refractivity contribution in [3.8, 4) is 0 Å². The molecule has 0 spiro atoms. The van der Waals surface area contributed by atoms with Crippen molar-refractivity contribution in [2.45, 2.75) is 26.3 Å². The van der Waals surface area contributed by atoms with Crippen LogP contribution in [-0.2, 0) is 13.0 Å². The van der Waals surface area contributed by atoms with Crippen molar-refractivity contribution in [2.75, 3.05) is 25.5 Å². The zero-order chi connectivity index (χ0) is 14.2. The first-order valence-corrected chi connectivity index (χ1v) is 8.05. The highest BCUT2D eigenvalue weighted by atomic mass is 32.1. The van der Waals surface area contributed by atoms with Gasteiger partial charge in [-0.2, -0.15) is 0 Å². The van der Waals surface area contributed by atoms with Crippen LogP contribution >= 0.6 is 11.3 Å². The van der Waals surface area contributed by atoms with Crippen LogP contribution in [0.5, 0.6) is 0 Å². The summed E-state index contributed by atoms with van der Waals surface area (Å²) in [5.74, 6) is 0.982. The van der Waals surface area contributed by atoms with Gasteiger partial charge in [0.15, 0.2) is 0 Å². The van der Waals surface area contributed by atoms with Crippen LogP contribution in [-0.4, -0.2) is 30.0 Å². The molecule has 0 atom stereocenters. The van der Waals surface area contributed by atoms with E-state index in [4.69, 9.17) is 0 Å². The van der Waals surface area contributed by atoms with E-state index in [0.717, 1.165) is 38.3 Å². The zero-order valence-corrected chi connectivity index (χ0v) is 13.1. The number of anilines is 1. The third kappa shape index (κ3) is 4.94. The number of thiophene rings is 1. The van der Waals surface area contributed by atoms with Gasteiger partial charge >= 0.3 is 0 Å². The van der Waals surface area contributed by atoms with Gasteiger partial charge in [-0.15, -0.1) is 11.3 Å². The minimum atomic E-state index is 0.967. The Morgan fingerprint density at radius 1 is 1.35 bits per heavy atom. The lowest BCUT2D eigenvalue weighted by molar-refractivity contribution is 0.332. The number of rotatable bonds is 8. The maximum atomic E-state index is 4.34. The van der Waals surface area contributed by atoms with E-state index in [2.05, 4.69) is 58.8 Å². The highest BCUT2D eigenvalue weighted by Crippen LogP contribution is 2.12. The van der Waals surface area contributed by atoms with Crippen LogP contribution in [0.4, 0.5) is 5.82 Å². The summed E-state index contributed by atoms with van der Waals surface area (Å²) in [6.45, 7) is 5.19. The molecule has 108 valence electrons. The lowest BCUT2D eigenvalue weighted by atomic mass is 10.2. The Balaban J connectivity index is 1.82. The van der Waals surface area contributed by atoms with E-state index < -0.39 is 0 Å². The van der Waals surface area contributed by atoms with Crippen molar-refractivity contribution in [1.82, 2.24) is 9.88 Å². The van der Waals surface area contributed by atoms with Crippen molar-refractivity contribution in [3.63, 3.8) is 0 Å². The SMILES string of the molecule is CCCNc1cc(CN(C)CCc2cccs2)ccn1. The van der Waals surface area contributed by atoms with Crippen molar-refractivity contribution in [2.24, 2.45) is 0 Å². The molecule has 2 heterocycles. The molecule has 0 aliphatic rings. The van der Waals surface area contributed by atoms with Crippen LogP contribution in [0.2, 0.25) is 0 Å².